The molecule has 0 spiro atoms. The van der Waals surface area contributed by atoms with E-state index in [1.807, 2.05) is 12.1 Å². The fraction of sp³-hybridized carbons (Fsp3) is 0.235. The van der Waals surface area contributed by atoms with Crippen LogP contribution in [0.4, 0.5) is 5.69 Å². The molecule has 0 aromatic heterocycles. The van der Waals surface area contributed by atoms with E-state index in [0.717, 1.165) is 5.69 Å². The number of aryl methyl sites for hydroxylation is 1. The summed E-state index contributed by atoms with van der Waals surface area (Å²) < 4.78 is 0. The number of hydrogen-bond donors (Lipinski definition) is 1. The molecule has 2 aromatic rings. The molecule has 21 heavy (non-hydrogen) atoms. The number of benzene rings is 2. The van der Waals surface area contributed by atoms with Gasteiger partial charge in [0.25, 0.3) is 5.91 Å². The molecule has 0 saturated carbocycles. The molecule has 110 valence electrons. The van der Waals surface area contributed by atoms with Crippen molar-refractivity contribution in [1.29, 1.82) is 0 Å². The lowest BCUT2D eigenvalue weighted by Crippen LogP contribution is -2.21. The average molecular weight is 303 g/mol. The molecule has 0 heterocycles. The number of nitrogens with one attached hydrogen (secondary N) is 1. The summed E-state index contributed by atoms with van der Waals surface area (Å²) in [7, 11) is 3.47. The van der Waals surface area contributed by atoms with Gasteiger partial charge in [-0.25, -0.2) is 0 Å². The quantitative estimate of drug-likeness (QED) is 0.927. The third-order valence-corrected chi connectivity index (χ3v) is 3.68. The first kappa shape index (κ1) is 15.4. The topological polar surface area (TPSA) is 32.3 Å². The minimum atomic E-state index is -0.0365. The van der Waals surface area contributed by atoms with Crippen LogP contribution in [-0.4, -0.2) is 24.9 Å². The molecular formula is C17H19ClN2O. The van der Waals surface area contributed by atoms with E-state index in [9.17, 15) is 4.79 Å². The molecule has 0 radical (unpaired) electrons. The number of carbonyl (C=O) groups is 1. The van der Waals surface area contributed by atoms with Crippen LogP contribution in [0.15, 0.2) is 42.5 Å². The molecule has 0 bridgehead atoms. The zero-order valence-electron chi connectivity index (χ0n) is 12.5. The molecule has 0 aliphatic rings. The number of hydrogen-bond acceptors (Lipinski definition) is 2. The highest BCUT2D eigenvalue weighted by Gasteiger charge is 2.10. The van der Waals surface area contributed by atoms with E-state index < -0.39 is 0 Å². The second-order valence-electron chi connectivity index (χ2n) is 5.17. The normalized spacial score (nSPS) is 10.3. The summed E-state index contributed by atoms with van der Waals surface area (Å²) in [6.45, 7) is 2.75. The minimum Gasteiger partial charge on any atom is -0.380 e. The van der Waals surface area contributed by atoms with E-state index in [4.69, 9.17) is 11.6 Å². The van der Waals surface area contributed by atoms with E-state index in [-0.39, 0.29) is 5.91 Å². The molecule has 1 amide bonds. The molecule has 2 rings (SSSR count). The molecule has 0 atom stereocenters. The van der Waals surface area contributed by atoms with Crippen LogP contribution in [0.25, 0.3) is 0 Å². The zero-order chi connectivity index (χ0) is 15.4. The summed E-state index contributed by atoms with van der Waals surface area (Å²) in [5.74, 6) is -0.0365. The number of anilines is 1. The number of amides is 1. The van der Waals surface area contributed by atoms with Gasteiger partial charge in [-0.15, -0.1) is 0 Å². The third-order valence-electron chi connectivity index (χ3n) is 3.35. The van der Waals surface area contributed by atoms with Crippen molar-refractivity contribution in [3.8, 4) is 0 Å². The van der Waals surface area contributed by atoms with Gasteiger partial charge in [0, 0.05) is 26.2 Å². The summed E-state index contributed by atoms with van der Waals surface area (Å²) >= 11 is 6.20. The van der Waals surface area contributed by atoms with Gasteiger partial charge in [0.1, 0.15) is 0 Å². The largest absolute Gasteiger partial charge is 0.380 e. The van der Waals surface area contributed by atoms with Crippen LogP contribution in [0.2, 0.25) is 5.02 Å². The van der Waals surface area contributed by atoms with Crippen LogP contribution < -0.4 is 5.32 Å². The van der Waals surface area contributed by atoms with Gasteiger partial charge in [-0.2, -0.15) is 0 Å². The predicted molar refractivity (Wildman–Crippen MR) is 88.0 cm³/mol. The van der Waals surface area contributed by atoms with Gasteiger partial charge in [-0.1, -0.05) is 35.9 Å². The van der Waals surface area contributed by atoms with E-state index in [1.165, 1.54) is 11.1 Å². The molecule has 0 aliphatic heterocycles. The maximum Gasteiger partial charge on any atom is 0.253 e. The molecule has 0 unspecified atom stereocenters. The molecule has 1 N–H and O–H groups in total. The number of nitrogens with zero attached hydrogens (tertiary/aromatic N) is 1. The second-order valence-corrected chi connectivity index (χ2v) is 5.58. The maximum absolute atomic E-state index is 12.0. The first-order valence-electron chi connectivity index (χ1n) is 6.78. The van der Waals surface area contributed by atoms with Crippen molar-refractivity contribution in [3.63, 3.8) is 0 Å². The van der Waals surface area contributed by atoms with E-state index >= 15 is 0 Å². The highest BCUT2D eigenvalue weighted by atomic mass is 35.5. The summed E-state index contributed by atoms with van der Waals surface area (Å²) in [4.78, 5) is 13.5. The Morgan fingerprint density at radius 1 is 1.19 bits per heavy atom. The Bertz CT molecular complexity index is 653. The standard InChI is InChI=1S/C17H19ClN2O/c1-12-6-4-5-7-14(12)11-19-16-10-13(8-9-15(16)18)17(21)20(2)3/h4-10,19H,11H2,1-3H3. The fourth-order valence-electron chi connectivity index (χ4n) is 2.05. The van der Waals surface area contributed by atoms with Crippen molar-refractivity contribution in [2.75, 3.05) is 19.4 Å². The predicted octanol–water partition coefficient (Wildman–Crippen LogP) is 3.96. The minimum absolute atomic E-state index is 0.0365. The van der Waals surface area contributed by atoms with Crippen molar-refractivity contribution < 1.29 is 4.79 Å². The van der Waals surface area contributed by atoms with E-state index in [0.29, 0.717) is 17.1 Å². The first-order valence-corrected chi connectivity index (χ1v) is 7.16. The highest BCUT2D eigenvalue weighted by Crippen LogP contribution is 2.24. The van der Waals surface area contributed by atoms with Crippen LogP contribution >= 0.6 is 11.6 Å². The Balaban J connectivity index is 2.18. The van der Waals surface area contributed by atoms with Gasteiger partial charge >= 0.3 is 0 Å². The molecule has 0 saturated heterocycles. The monoisotopic (exact) mass is 302 g/mol. The fourth-order valence-corrected chi connectivity index (χ4v) is 2.24. The van der Waals surface area contributed by atoms with Crippen LogP contribution in [0.1, 0.15) is 21.5 Å². The van der Waals surface area contributed by atoms with Gasteiger partial charge in [0.05, 0.1) is 10.7 Å². The second kappa shape index (κ2) is 6.64. The van der Waals surface area contributed by atoms with Crippen LogP contribution in [-0.2, 0) is 6.54 Å². The highest BCUT2D eigenvalue weighted by molar-refractivity contribution is 6.33. The van der Waals surface area contributed by atoms with Crippen LogP contribution in [0.3, 0.4) is 0 Å². The van der Waals surface area contributed by atoms with Gasteiger partial charge in [-0.3, -0.25) is 4.79 Å². The SMILES string of the molecule is Cc1ccccc1CNc1cc(C(=O)N(C)C)ccc1Cl. The van der Waals surface area contributed by atoms with E-state index in [2.05, 4.69) is 24.4 Å². The van der Waals surface area contributed by atoms with Crippen molar-refractivity contribution in [2.24, 2.45) is 0 Å². The summed E-state index contributed by atoms with van der Waals surface area (Å²) in [6.07, 6.45) is 0. The lowest BCUT2D eigenvalue weighted by Gasteiger charge is -2.14. The Morgan fingerprint density at radius 2 is 1.90 bits per heavy atom. The smallest absolute Gasteiger partial charge is 0.253 e. The van der Waals surface area contributed by atoms with Crippen LogP contribution in [0, 0.1) is 6.92 Å². The van der Waals surface area contributed by atoms with Crippen molar-refractivity contribution in [3.05, 3.63) is 64.2 Å². The summed E-state index contributed by atoms with van der Waals surface area (Å²) in [5, 5.41) is 3.91. The lowest BCUT2D eigenvalue weighted by molar-refractivity contribution is 0.0827. The molecule has 2 aromatic carbocycles. The van der Waals surface area contributed by atoms with E-state index in [1.54, 1.807) is 37.2 Å². The lowest BCUT2D eigenvalue weighted by atomic mass is 10.1. The Kier molecular flexibility index (Phi) is 4.86. The van der Waals surface area contributed by atoms with Crippen molar-refractivity contribution in [1.82, 2.24) is 4.90 Å². The van der Waals surface area contributed by atoms with Gasteiger partial charge < -0.3 is 10.2 Å². The van der Waals surface area contributed by atoms with Crippen molar-refractivity contribution in [2.45, 2.75) is 13.5 Å². The summed E-state index contributed by atoms with van der Waals surface area (Å²) in [5.41, 5.74) is 3.82. The van der Waals surface area contributed by atoms with Gasteiger partial charge in [0.2, 0.25) is 0 Å². The molecule has 4 heteroatoms. The van der Waals surface area contributed by atoms with Gasteiger partial charge in [0.15, 0.2) is 0 Å². The Hall–Kier alpha value is -2.00. The van der Waals surface area contributed by atoms with Crippen molar-refractivity contribution >= 4 is 23.2 Å². The Morgan fingerprint density at radius 3 is 2.57 bits per heavy atom. The molecular weight excluding hydrogens is 284 g/mol. The van der Waals surface area contributed by atoms with Gasteiger partial charge in [-0.05, 0) is 36.2 Å². The molecule has 0 aliphatic carbocycles. The number of rotatable bonds is 4. The molecule has 3 nitrogen and oxygen atoms in total. The molecule has 0 fully saturated rings. The number of halogens is 1. The maximum atomic E-state index is 12.0. The summed E-state index contributed by atoms with van der Waals surface area (Å²) in [6, 6.07) is 13.5. The zero-order valence-corrected chi connectivity index (χ0v) is 13.2. The third kappa shape index (κ3) is 3.76. The van der Waals surface area contributed by atoms with Crippen LogP contribution in [0.5, 0.6) is 0 Å². The number of carbonyl (C=O) groups excluding carboxylic acids is 1. The average Bonchev–Trinajstić information content (AvgIpc) is 2.47. The Labute approximate surface area is 130 Å². The first-order chi connectivity index (χ1) is 9.99.